The molecule has 0 radical (unpaired) electrons. The van der Waals surface area contributed by atoms with Crippen molar-refractivity contribution in [1.82, 2.24) is 0 Å². The van der Waals surface area contributed by atoms with Crippen molar-refractivity contribution in [3.63, 3.8) is 0 Å². The molecular weight excluding hydrogens is 1910 g/mol. The fraction of sp³-hybridized carbons (Fsp3) is 0.286. The van der Waals surface area contributed by atoms with Gasteiger partial charge >= 0.3 is 178 Å². The molecule has 10 rings (SSSR count). The molecule has 0 spiro atoms. The summed E-state index contributed by atoms with van der Waals surface area (Å²) >= 11 is -2.78. The van der Waals surface area contributed by atoms with Crippen molar-refractivity contribution in [2.24, 2.45) is 0 Å². The first-order valence-corrected chi connectivity index (χ1v) is 61.7. The summed E-state index contributed by atoms with van der Waals surface area (Å²) in [6.07, 6.45) is 0. The number of phenols is 5. The van der Waals surface area contributed by atoms with E-state index in [4.69, 9.17) is 93.0 Å². The van der Waals surface area contributed by atoms with Crippen LogP contribution >= 0.6 is 136 Å². The van der Waals surface area contributed by atoms with Gasteiger partial charge in [0.2, 0.25) is 0 Å². The molecule has 0 aliphatic rings. The molecule has 0 saturated carbocycles. The number of aryl methyl sites for hydroxylation is 10. The Morgan fingerprint density at radius 1 is 0.254 bits per heavy atom. The van der Waals surface area contributed by atoms with Crippen molar-refractivity contribution in [2.75, 3.05) is 95.0 Å². The van der Waals surface area contributed by atoms with E-state index >= 15 is 0 Å². The average Bonchev–Trinajstić information content (AvgIpc) is 0.806. The number of anilines is 5. The summed E-state index contributed by atoms with van der Waals surface area (Å²) in [6.45, 7) is 27.2. The Labute approximate surface area is 774 Å². The zero-order chi connectivity index (χ0) is 86.9. The summed E-state index contributed by atoms with van der Waals surface area (Å²) in [4.78, 5) is 10.7. The van der Waals surface area contributed by atoms with E-state index in [0.717, 1.165) is 43.2 Å². The monoisotopic (exact) mass is 2010 g/mol. The van der Waals surface area contributed by atoms with Crippen LogP contribution < -0.4 is 77.5 Å². The summed E-state index contributed by atoms with van der Waals surface area (Å²) in [6, 6.07) is 59.3. The fourth-order valence-electron chi connectivity index (χ4n) is 11.2. The normalized spacial score (nSPS) is 10.5. The Hall–Kier alpha value is -1.18. The van der Waals surface area contributed by atoms with E-state index in [-0.39, 0.29) is 5.41 Å². The van der Waals surface area contributed by atoms with E-state index in [1.54, 1.807) is 12.1 Å². The van der Waals surface area contributed by atoms with E-state index < -0.39 is 85.2 Å². The van der Waals surface area contributed by atoms with Gasteiger partial charge < -0.3 is 50.0 Å². The molecule has 0 amide bonds. The number of hydrogen-bond acceptors (Lipinski definition) is 10. The number of halogens is 10. The molecule has 0 bridgehead atoms. The quantitative estimate of drug-likeness (QED) is 0.0502. The zero-order valence-electron chi connectivity index (χ0n) is 69.0. The minimum atomic E-state index is -0.556. The first-order chi connectivity index (χ1) is 53.7. The molecule has 5 atom stereocenters. The minimum absolute atomic E-state index is 0.0640. The molecule has 0 aromatic heterocycles. The van der Waals surface area contributed by atoms with Crippen molar-refractivity contribution in [3.8, 4) is 28.7 Å². The SMILES string of the molecule is Cc1cc(C)c(O)c(Pc2c(C)cccc2N(C)C)c1.Cc1cc(Pc2c(C)cccc2N(C)C)c(O)c(C(C)(C)C)c1.Cc1ccc(O)c(Pc2c(C)cccc2N(C)C)c1.Cc1cccc(N(C)C)c1Pc1ccccc1O.Cc1cccc(Pc2c(C)cccc2N(C)C)c1O.[Cl][Ti][Cl].[Cl][Ti][Cl].[Cl][Ti][Cl].[Cl][Ti][Cl].[Cl][Ti][Cl]. The Bertz CT molecular complexity index is 4470. The van der Waals surface area contributed by atoms with Crippen LogP contribution in [0.1, 0.15) is 82.0 Å². The van der Waals surface area contributed by atoms with Gasteiger partial charge in [0.05, 0.1) is 0 Å². The summed E-state index contributed by atoms with van der Waals surface area (Å²) in [5.41, 5.74) is 18.9. The van der Waals surface area contributed by atoms with Gasteiger partial charge in [0, 0.05) is 158 Å². The van der Waals surface area contributed by atoms with E-state index in [1.165, 1.54) is 99.5 Å². The summed E-state index contributed by atoms with van der Waals surface area (Å²) in [5, 5.41) is 62.8. The predicted molar refractivity (Wildman–Crippen MR) is 507 cm³/mol. The maximum atomic E-state index is 10.8. The van der Waals surface area contributed by atoms with Gasteiger partial charge in [-0.05, 0) is 185 Å². The first-order valence-electron chi connectivity index (χ1n) is 35.2. The Kier molecular flexibility index (Phi) is 57.9. The third-order valence-corrected chi connectivity index (χ3v) is 24.6. The summed E-state index contributed by atoms with van der Waals surface area (Å²) in [5.74, 6) is 2.07. The van der Waals surface area contributed by atoms with Crippen LogP contribution in [0.15, 0.2) is 176 Å². The molecule has 0 heterocycles. The summed E-state index contributed by atoms with van der Waals surface area (Å²) in [7, 11) is 71.8. The van der Waals surface area contributed by atoms with E-state index in [0.29, 0.717) is 71.7 Å². The van der Waals surface area contributed by atoms with Crippen LogP contribution in [0, 0.1) is 69.2 Å². The Balaban J connectivity index is 0.000000682. The molecule has 0 saturated heterocycles. The molecule has 0 fully saturated rings. The Morgan fingerprint density at radius 3 is 0.842 bits per heavy atom. The van der Waals surface area contributed by atoms with E-state index in [9.17, 15) is 25.5 Å². The third kappa shape index (κ3) is 39.1. The van der Waals surface area contributed by atoms with Crippen molar-refractivity contribution >= 4 is 217 Å². The van der Waals surface area contributed by atoms with Crippen molar-refractivity contribution in [3.05, 3.63) is 237 Å². The molecule has 0 aliphatic carbocycles. The number of phenolic OH excluding ortho intramolecular Hbond substituents is 5. The number of rotatable bonds is 15. The van der Waals surface area contributed by atoms with Crippen LogP contribution in [0.3, 0.4) is 0 Å². The standard InChI is InChI=1S/C20H28NOP.C17H22NOP.2C16H20NOP.C15H18NOP.10ClH.5Ti/c1-13-11-15(20(3,4)5)18(22)17(12-13)23-19-14(2)9-8-10-16(19)21(6)7;1-11-9-13(3)16(19)15(10-11)20-17-12(2)7-6-8-14(17)18(4)5;1-11-7-6-10-14(15(11)18)19-16-12(2)8-5-9-13(16)17(3)4;1-11-8-9-14(18)15(10-11)19-16-12(2)6-5-7-13(16)17(3)4;1-11-7-6-8-12(16(2)3)15(11)18-14-10-5-4-9-13(14)17;;;;;;;;;;;;;;;/h8-12,22-23H,1-7H3;6-10,19-20H,1-5H3;2*5-10,18-19H,1-4H3;4-10,17-18H,1-3H3;10*1H;;;;;/q;;;;;;;;;;;;;;;5*+2/p-10. The van der Waals surface area contributed by atoms with Gasteiger partial charge in [-0.1, -0.05) is 184 Å². The second-order valence-corrected chi connectivity index (χ2v) is 47.1. The molecular formula is C84H108Cl10N5O5P5Ti5. The predicted octanol–water partition coefficient (Wildman–Crippen LogP) is 21.7. The van der Waals surface area contributed by atoms with Crippen molar-refractivity contribution in [2.45, 2.75) is 95.4 Å². The van der Waals surface area contributed by atoms with Gasteiger partial charge in [-0.25, -0.2) is 0 Å². The van der Waals surface area contributed by atoms with Gasteiger partial charge in [-0.15, -0.1) is 0 Å². The van der Waals surface area contributed by atoms with Gasteiger partial charge in [-0.3, -0.25) is 0 Å². The third-order valence-electron chi connectivity index (χ3n) is 16.8. The summed E-state index contributed by atoms with van der Waals surface area (Å²) < 4.78 is 0. The van der Waals surface area contributed by atoms with E-state index in [2.05, 4.69) is 272 Å². The van der Waals surface area contributed by atoms with Crippen molar-refractivity contribution in [1.29, 1.82) is 0 Å². The Morgan fingerprint density at radius 2 is 0.509 bits per heavy atom. The van der Waals surface area contributed by atoms with Crippen LogP contribution in [0.2, 0.25) is 0 Å². The number of para-hydroxylation sites is 2. The van der Waals surface area contributed by atoms with Gasteiger partial charge in [0.1, 0.15) is 28.7 Å². The molecule has 0 aliphatic heterocycles. The van der Waals surface area contributed by atoms with E-state index in [1.807, 2.05) is 76.5 Å². The molecule has 5 unspecified atom stereocenters. The number of nitrogens with zero attached hydrogens (tertiary/aromatic N) is 5. The topological polar surface area (TPSA) is 117 Å². The van der Waals surface area contributed by atoms with Crippen LogP contribution in [-0.2, 0) is 90.6 Å². The molecule has 30 heteroatoms. The fourth-order valence-corrected chi connectivity index (χ4v) is 18.7. The van der Waals surface area contributed by atoms with Crippen LogP contribution in [0.25, 0.3) is 0 Å². The van der Waals surface area contributed by atoms with Crippen LogP contribution in [-0.4, -0.2) is 96.0 Å². The molecule has 114 heavy (non-hydrogen) atoms. The molecule has 10 aromatic rings. The molecule has 5 N–H and O–H groups in total. The molecule has 10 nitrogen and oxygen atoms in total. The maximum absolute atomic E-state index is 10.8. The van der Waals surface area contributed by atoms with Crippen molar-refractivity contribution < 1.29 is 111 Å². The first kappa shape index (κ1) is 111. The second kappa shape index (κ2) is 59.6. The van der Waals surface area contributed by atoms with Gasteiger partial charge in [0.25, 0.3) is 0 Å². The van der Waals surface area contributed by atoms with Gasteiger partial charge in [0.15, 0.2) is 0 Å². The van der Waals surface area contributed by atoms with Crippen LogP contribution in [0.4, 0.5) is 28.4 Å². The average molecular weight is 2020 g/mol. The molecule has 10 aromatic carbocycles. The number of hydrogen-bond donors (Lipinski definition) is 5. The van der Waals surface area contributed by atoms with Crippen LogP contribution in [0.5, 0.6) is 28.7 Å². The molecule has 614 valence electrons. The number of benzene rings is 10. The second-order valence-electron chi connectivity index (χ2n) is 27.7. The van der Waals surface area contributed by atoms with Gasteiger partial charge in [-0.2, -0.15) is 0 Å². The zero-order valence-corrected chi connectivity index (χ0v) is 89.4. The number of aromatic hydroxyl groups is 5.